The minimum atomic E-state index is -1.14. The molecule has 6 nitrogen and oxygen atoms in total. The third-order valence-corrected chi connectivity index (χ3v) is 2.13. The standard InChI is InChI=1S/C10H12ClN3O3/c11-6-1-2-7(9(15)16)8(5-6)14-10(17)13-4-3-12/h1-2,5H,3-4,12H2,(H,15,16)(H2,13,14,17). The summed E-state index contributed by atoms with van der Waals surface area (Å²) in [6, 6.07) is 3.60. The van der Waals surface area contributed by atoms with Gasteiger partial charge in [0.25, 0.3) is 0 Å². The summed E-state index contributed by atoms with van der Waals surface area (Å²) in [5.41, 5.74) is 5.32. The Labute approximate surface area is 103 Å². The number of urea groups is 1. The molecule has 5 N–H and O–H groups in total. The SMILES string of the molecule is NCCNC(=O)Nc1cc(Cl)ccc1C(=O)O. The quantitative estimate of drug-likeness (QED) is 0.649. The largest absolute Gasteiger partial charge is 0.478 e. The molecule has 0 saturated carbocycles. The van der Waals surface area contributed by atoms with Crippen molar-refractivity contribution in [1.82, 2.24) is 5.32 Å². The van der Waals surface area contributed by atoms with E-state index in [4.69, 9.17) is 22.4 Å². The molecule has 0 saturated heterocycles. The monoisotopic (exact) mass is 257 g/mol. The second-order valence-corrected chi connectivity index (χ2v) is 3.60. The number of carbonyl (C=O) groups excluding carboxylic acids is 1. The number of carboxylic acids is 1. The maximum Gasteiger partial charge on any atom is 0.337 e. The van der Waals surface area contributed by atoms with Gasteiger partial charge in [-0.2, -0.15) is 0 Å². The molecule has 17 heavy (non-hydrogen) atoms. The van der Waals surface area contributed by atoms with Crippen LogP contribution in [0, 0.1) is 0 Å². The van der Waals surface area contributed by atoms with Crippen LogP contribution in [-0.4, -0.2) is 30.2 Å². The molecule has 0 aromatic heterocycles. The Morgan fingerprint density at radius 2 is 2.12 bits per heavy atom. The lowest BCUT2D eigenvalue weighted by atomic mass is 10.2. The minimum Gasteiger partial charge on any atom is -0.478 e. The van der Waals surface area contributed by atoms with Crippen LogP contribution in [0.5, 0.6) is 0 Å². The number of nitrogens with two attached hydrogens (primary N) is 1. The van der Waals surface area contributed by atoms with E-state index in [1.54, 1.807) is 0 Å². The molecule has 0 atom stereocenters. The second kappa shape index (κ2) is 6.07. The number of anilines is 1. The van der Waals surface area contributed by atoms with E-state index >= 15 is 0 Å². The van der Waals surface area contributed by atoms with Gasteiger partial charge >= 0.3 is 12.0 Å². The molecule has 1 aromatic carbocycles. The zero-order valence-corrected chi connectivity index (χ0v) is 9.62. The van der Waals surface area contributed by atoms with E-state index in [0.717, 1.165) is 0 Å². The predicted molar refractivity (Wildman–Crippen MR) is 64.5 cm³/mol. The van der Waals surface area contributed by atoms with Crippen molar-refractivity contribution in [1.29, 1.82) is 0 Å². The summed E-state index contributed by atoms with van der Waals surface area (Å²) in [6.45, 7) is 0.601. The van der Waals surface area contributed by atoms with Gasteiger partial charge < -0.3 is 21.5 Å². The maximum absolute atomic E-state index is 11.3. The van der Waals surface area contributed by atoms with E-state index < -0.39 is 12.0 Å². The third-order valence-electron chi connectivity index (χ3n) is 1.89. The third kappa shape index (κ3) is 3.93. The van der Waals surface area contributed by atoms with Gasteiger partial charge in [-0.3, -0.25) is 0 Å². The molecule has 0 fully saturated rings. The van der Waals surface area contributed by atoms with Crippen LogP contribution in [0.15, 0.2) is 18.2 Å². The summed E-state index contributed by atoms with van der Waals surface area (Å²) in [5, 5.41) is 14.1. The number of rotatable bonds is 4. The van der Waals surface area contributed by atoms with Gasteiger partial charge in [0.05, 0.1) is 11.3 Å². The Balaban J connectivity index is 2.85. The predicted octanol–water partition coefficient (Wildman–Crippen LogP) is 1.12. The highest BCUT2D eigenvalue weighted by Gasteiger charge is 2.12. The van der Waals surface area contributed by atoms with Crippen LogP contribution in [0.1, 0.15) is 10.4 Å². The van der Waals surface area contributed by atoms with Gasteiger partial charge in [-0.1, -0.05) is 11.6 Å². The number of nitrogens with one attached hydrogen (secondary N) is 2. The van der Waals surface area contributed by atoms with Gasteiger partial charge in [-0.05, 0) is 18.2 Å². The van der Waals surface area contributed by atoms with Crippen LogP contribution in [0.25, 0.3) is 0 Å². The first-order valence-electron chi connectivity index (χ1n) is 4.82. The van der Waals surface area contributed by atoms with Crippen LogP contribution in [0.2, 0.25) is 5.02 Å². The second-order valence-electron chi connectivity index (χ2n) is 3.16. The van der Waals surface area contributed by atoms with Crippen molar-refractivity contribution in [3.05, 3.63) is 28.8 Å². The van der Waals surface area contributed by atoms with Gasteiger partial charge in [0, 0.05) is 18.1 Å². The van der Waals surface area contributed by atoms with Crippen LogP contribution in [-0.2, 0) is 0 Å². The lowest BCUT2D eigenvalue weighted by Gasteiger charge is -2.09. The van der Waals surface area contributed by atoms with Gasteiger partial charge in [-0.15, -0.1) is 0 Å². The van der Waals surface area contributed by atoms with Crippen LogP contribution < -0.4 is 16.4 Å². The highest BCUT2D eigenvalue weighted by atomic mass is 35.5. The molecule has 0 aliphatic heterocycles. The van der Waals surface area contributed by atoms with Crippen molar-refractivity contribution in [2.24, 2.45) is 5.73 Å². The van der Waals surface area contributed by atoms with Gasteiger partial charge in [0.15, 0.2) is 0 Å². The number of carboxylic acid groups (broad SMARTS) is 1. The van der Waals surface area contributed by atoms with Crippen molar-refractivity contribution in [2.45, 2.75) is 0 Å². The van der Waals surface area contributed by atoms with Crippen molar-refractivity contribution < 1.29 is 14.7 Å². The van der Waals surface area contributed by atoms with Crippen LogP contribution in [0.4, 0.5) is 10.5 Å². The number of aromatic carboxylic acids is 1. The minimum absolute atomic E-state index is 0.0303. The van der Waals surface area contributed by atoms with E-state index in [1.807, 2.05) is 0 Å². The molecular weight excluding hydrogens is 246 g/mol. The molecule has 0 heterocycles. The molecule has 0 radical (unpaired) electrons. The highest BCUT2D eigenvalue weighted by molar-refractivity contribution is 6.31. The van der Waals surface area contributed by atoms with Crippen LogP contribution >= 0.6 is 11.6 Å². The zero-order chi connectivity index (χ0) is 12.8. The normalized spacial score (nSPS) is 9.76. The summed E-state index contributed by atoms with van der Waals surface area (Å²) in [7, 11) is 0. The van der Waals surface area contributed by atoms with Crippen molar-refractivity contribution in [3.8, 4) is 0 Å². The van der Waals surface area contributed by atoms with Crippen molar-refractivity contribution >= 4 is 29.3 Å². The average Bonchev–Trinajstić information content (AvgIpc) is 2.26. The Bertz CT molecular complexity index is 437. The maximum atomic E-state index is 11.3. The lowest BCUT2D eigenvalue weighted by Crippen LogP contribution is -2.33. The molecule has 2 amide bonds. The number of hydrogen-bond donors (Lipinski definition) is 4. The van der Waals surface area contributed by atoms with E-state index in [2.05, 4.69) is 10.6 Å². The van der Waals surface area contributed by atoms with E-state index in [1.165, 1.54) is 18.2 Å². The first-order valence-corrected chi connectivity index (χ1v) is 5.20. The molecule has 1 rings (SSSR count). The molecular formula is C10H12ClN3O3. The molecule has 0 aliphatic rings. The molecule has 7 heteroatoms. The number of benzene rings is 1. The molecule has 0 unspecified atom stereocenters. The Morgan fingerprint density at radius 1 is 1.41 bits per heavy atom. The fourth-order valence-electron chi connectivity index (χ4n) is 1.16. The lowest BCUT2D eigenvalue weighted by molar-refractivity contribution is 0.0698. The summed E-state index contributed by atoms with van der Waals surface area (Å²) >= 11 is 5.72. The highest BCUT2D eigenvalue weighted by Crippen LogP contribution is 2.20. The fraction of sp³-hybridized carbons (Fsp3) is 0.200. The summed E-state index contributed by atoms with van der Waals surface area (Å²) in [5.74, 6) is -1.14. The van der Waals surface area contributed by atoms with E-state index in [9.17, 15) is 9.59 Å². The number of amides is 2. The topological polar surface area (TPSA) is 104 Å². The number of hydrogen-bond acceptors (Lipinski definition) is 3. The van der Waals surface area contributed by atoms with Crippen LogP contribution in [0.3, 0.4) is 0 Å². The van der Waals surface area contributed by atoms with E-state index in [0.29, 0.717) is 18.1 Å². The molecule has 1 aromatic rings. The Hall–Kier alpha value is -1.79. The van der Waals surface area contributed by atoms with Gasteiger partial charge in [0.2, 0.25) is 0 Å². The smallest absolute Gasteiger partial charge is 0.337 e. The molecule has 0 aliphatic carbocycles. The molecule has 0 spiro atoms. The number of halogens is 1. The van der Waals surface area contributed by atoms with Crippen molar-refractivity contribution in [3.63, 3.8) is 0 Å². The van der Waals surface area contributed by atoms with Crippen molar-refractivity contribution in [2.75, 3.05) is 18.4 Å². The summed E-state index contributed by atoms with van der Waals surface area (Å²) < 4.78 is 0. The average molecular weight is 258 g/mol. The fourth-order valence-corrected chi connectivity index (χ4v) is 1.33. The summed E-state index contributed by atoms with van der Waals surface area (Å²) in [6.07, 6.45) is 0. The first kappa shape index (κ1) is 13.3. The van der Waals surface area contributed by atoms with Gasteiger partial charge in [-0.25, -0.2) is 9.59 Å². The number of carbonyl (C=O) groups is 2. The zero-order valence-electron chi connectivity index (χ0n) is 8.87. The van der Waals surface area contributed by atoms with Gasteiger partial charge in [0.1, 0.15) is 0 Å². The first-order chi connectivity index (χ1) is 8.04. The molecule has 0 bridgehead atoms. The Kier molecular flexibility index (Phi) is 4.74. The molecule has 92 valence electrons. The van der Waals surface area contributed by atoms with E-state index in [-0.39, 0.29) is 11.3 Å². The Morgan fingerprint density at radius 3 is 2.71 bits per heavy atom. The summed E-state index contributed by atoms with van der Waals surface area (Å²) in [4.78, 5) is 22.2.